The van der Waals surface area contributed by atoms with Gasteiger partial charge in [-0.2, -0.15) is 0 Å². The number of carbonyl (C=O) groups is 1. The third-order valence-electron chi connectivity index (χ3n) is 1.14. The molecule has 0 rings (SSSR count). The van der Waals surface area contributed by atoms with E-state index in [2.05, 4.69) is 5.32 Å². The number of ether oxygens (including phenoxy) is 2. The van der Waals surface area contributed by atoms with Gasteiger partial charge in [0.2, 0.25) is 5.91 Å². The molecule has 13 heavy (non-hydrogen) atoms. The van der Waals surface area contributed by atoms with Crippen molar-refractivity contribution in [2.24, 2.45) is 0 Å². The minimum Gasteiger partial charge on any atom is -0.382 e. The van der Waals surface area contributed by atoms with Crippen molar-refractivity contribution < 1.29 is 14.3 Å². The number of hydrogen-bond donors (Lipinski definition) is 1. The van der Waals surface area contributed by atoms with Crippen molar-refractivity contribution in [1.82, 2.24) is 5.32 Å². The third-order valence-corrected chi connectivity index (χ3v) is 1.14. The van der Waals surface area contributed by atoms with Crippen molar-refractivity contribution in [1.29, 1.82) is 0 Å². The van der Waals surface area contributed by atoms with Gasteiger partial charge in [0.25, 0.3) is 0 Å². The number of hydrogen-bond acceptors (Lipinski definition) is 3. The summed E-state index contributed by atoms with van der Waals surface area (Å²) in [7, 11) is 3.18. The van der Waals surface area contributed by atoms with Crippen molar-refractivity contribution in [2.75, 3.05) is 27.4 Å². The van der Waals surface area contributed by atoms with Crippen LogP contribution in [-0.4, -0.2) is 39.4 Å². The monoisotopic (exact) mass is 191 g/mol. The zero-order chi connectivity index (χ0) is 10.7. The molecule has 0 aliphatic carbocycles. The topological polar surface area (TPSA) is 47.6 Å². The normalized spacial score (nSPS) is 9.08. The quantitative estimate of drug-likeness (QED) is 0.699. The maximum absolute atomic E-state index is 10.6. The summed E-state index contributed by atoms with van der Waals surface area (Å²) in [6.45, 7) is 6.43. The van der Waals surface area contributed by atoms with Gasteiger partial charge in [-0.25, -0.2) is 0 Å². The molecule has 4 nitrogen and oxygen atoms in total. The summed E-state index contributed by atoms with van der Waals surface area (Å²) in [5, 5.41) is 2.69. The van der Waals surface area contributed by atoms with Gasteiger partial charge >= 0.3 is 0 Å². The molecule has 0 heterocycles. The molecule has 4 heteroatoms. The molecule has 0 radical (unpaired) electrons. The SMILES string of the molecule is CC.COCC(COC)NC(C)=O. The lowest BCUT2D eigenvalue weighted by molar-refractivity contribution is -0.120. The Bertz CT molecular complexity index is 111. The zero-order valence-corrected chi connectivity index (χ0v) is 9.22. The number of methoxy groups -OCH3 is 2. The van der Waals surface area contributed by atoms with Gasteiger partial charge in [-0.15, -0.1) is 0 Å². The first kappa shape index (κ1) is 14.9. The Morgan fingerprint density at radius 2 is 1.62 bits per heavy atom. The predicted octanol–water partition coefficient (Wildman–Crippen LogP) is 0.810. The van der Waals surface area contributed by atoms with Gasteiger partial charge in [-0.1, -0.05) is 13.8 Å². The van der Waals surface area contributed by atoms with Crippen LogP contribution in [0.15, 0.2) is 0 Å². The summed E-state index contributed by atoms with van der Waals surface area (Å²) < 4.78 is 9.73. The van der Waals surface area contributed by atoms with Gasteiger partial charge < -0.3 is 14.8 Å². The van der Waals surface area contributed by atoms with E-state index in [-0.39, 0.29) is 11.9 Å². The lowest BCUT2D eigenvalue weighted by atomic mass is 10.3. The van der Waals surface area contributed by atoms with Gasteiger partial charge in [0.15, 0.2) is 0 Å². The average Bonchev–Trinajstić information content (AvgIpc) is 2.08. The van der Waals surface area contributed by atoms with E-state index >= 15 is 0 Å². The maximum atomic E-state index is 10.6. The second-order valence-electron chi connectivity index (χ2n) is 2.31. The van der Waals surface area contributed by atoms with Crippen LogP contribution in [0.25, 0.3) is 0 Å². The molecule has 0 aromatic carbocycles. The molecule has 0 bridgehead atoms. The first-order valence-electron chi connectivity index (χ1n) is 4.45. The van der Waals surface area contributed by atoms with E-state index in [1.54, 1.807) is 14.2 Å². The van der Waals surface area contributed by atoms with Gasteiger partial charge in [0.1, 0.15) is 0 Å². The minimum absolute atomic E-state index is 0.0394. The molecule has 0 saturated heterocycles. The second kappa shape index (κ2) is 11.4. The van der Waals surface area contributed by atoms with E-state index in [1.807, 2.05) is 13.8 Å². The predicted molar refractivity (Wildman–Crippen MR) is 52.7 cm³/mol. The van der Waals surface area contributed by atoms with Crippen molar-refractivity contribution in [3.05, 3.63) is 0 Å². The third kappa shape index (κ3) is 11.4. The van der Waals surface area contributed by atoms with E-state index in [4.69, 9.17) is 9.47 Å². The molecule has 0 atom stereocenters. The first-order valence-corrected chi connectivity index (χ1v) is 4.45. The molecule has 0 unspecified atom stereocenters. The first-order chi connectivity index (χ1) is 6.20. The van der Waals surface area contributed by atoms with Crippen LogP contribution in [0.2, 0.25) is 0 Å². The standard InChI is InChI=1S/C7H15NO3.C2H6/c1-6(9)8-7(4-10-2)5-11-3;1-2/h7H,4-5H2,1-3H3,(H,8,9);1-2H3. The van der Waals surface area contributed by atoms with E-state index in [1.165, 1.54) is 6.92 Å². The van der Waals surface area contributed by atoms with Crippen LogP contribution in [0.3, 0.4) is 0 Å². The lowest BCUT2D eigenvalue weighted by Crippen LogP contribution is -2.39. The van der Waals surface area contributed by atoms with Gasteiger partial charge in [-0.3, -0.25) is 4.79 Å². The highest BCUT2D eigenvalue weighted by molar-refractivity contribution is 5.73. The molecule has 1 N–H and O–H groups in total. The molecule has 0 fully saturated rings. The molecular formula is C9H21NO3. The van der Waals surface area contributed by atoms with Crippen molar-refractivity contribution >= 4 is 5.91 Å². The highest BCUT2D eigenvalue weighted by Gasteiger charge is 2.07. The van der Waals surface area contributed by atoms with E-state index in [9.17, 15) is 4.79 Å². The molecule has 1 amide bonds. The Labute approximate surface area is 80.6 Å². The fourth-order valence-electron chi connectivity index (χ4n) is 0.821. The van der Waals surface area contributed by atoms with E-state index < -0.39 is 0 Å². The highest BCUT2D eigenvalue weighted by atomic mass is 16.5. The highest BCUT2D eigenvalue weighted by Crippen LogP contribution is 1.85. The lowest BCUT2D eigenvalue weighted by Gasteiger charge is -2.15. The molecule has 0 aliphatic heterocycles. The van der Waals surface area contributed by atoms with Crippen LogP contribution in [0, 0.1) is 0 Å². The summed E-state index contributed by atoms with van der Waals surface area (Å²) in [5.41, 5.74) is 0. The molecule has 0 spiro atoms. The number of carbonyl (C=O) groups excluding carboxylic acids is 1. The average molecular weight is 191 g/mol. The molecule has 0 aliphatic rings. The van der Waals surface area contributed by atoms with Gasteiger partial charge in [0, 0.05) is 21.1 Å². The Morgan fingerprint density at radius 3 is 1.85 bits per heavy atom. The summed E-state index contributed by atoms with van der Waals surface area (Å²) in [6.07, 6.45) is 0. The maximum Gasteiger partial charge on any atom is 0.217 e. The molecule has 0 aromatic heterocycles. The fraction of sp³-hybridized carbons (Fsp3) is 0.889. The number of amides is 1. The van der Waals surface area contributed by atoms with Gasteiger partial charge in [-0.05, 0) is 0 Å². The summed E-state index contributed by atoms with van der Waals surface area (Å²) in [6, 6.07) is -0.0394. The van der Waals surface area contributed by atoms with Crippen LogP contribution < -0.4 is 5.32 Å². The largest absolute Gasteiger partial charge is 0.382 e. The molecule has 0 saturated carbocycles. The van der Waals surface area contributed by atoms with Crippen molar-refractivity contribution in [2.45, 2.75) is 26.8 Å². The van der Waals surface area contributed by atoms with E-state index in [0.29, 0.717) is 13.2 Å². The molecule has 0 aromatic rings. The van der Waals surface area contributed by atoms with Crippen LogP contribution in [0.4, 0.5) is 0 Å². The van der Waals surface area contributed by atoms with E-state index in [0.717, 1.165) is 0 Å². The second-order valence-corrected chi connectivity index (χ2v) is 2.31. The summed E-state index contributed by atoms with van der Waals surface area (Å²) >= 11 is 0. The Morgan fingerprint density at radius 1 is 1.23 bits per heavy atom. The minimum atomic E-state index is -0.0656. The number of rotatable bonds is 5. The van der Waals surface area contributed by atoms with Gasteiger partial charge in [0.05, 0.1) is 19.3 Å². The van der Waals surface area contributed by atoms with Crippen molar-refractivity contribution in [3.63, 3.8) is 0 Å². The fourth-order valence-corrected chi connectivity index (χ4v) is 0.821. The number of nitrogens with one attached hydrogen (secondary N) is 1. The van der Waals surface area contributed by atoms with Crippen LogP contribution >= 0.6 is 0 Å². The van der Waals surface area contributed by atoms with Crippen LogP contribution in [-0.2, 0) is 14.3 Å². The Balaban J connectivity index is 0. The molecular weight excluding hydrogens is 170 g/mol. The van der Waals surface area contributed by atoms with Crippen LogP contribution in [0.1, 0.15) is 20.8 Å². The smallest absolute Gasteiger partial charge is 0.217 e. The Kier molecular flexibility index (Phi) is 13.0. The Hall–Kier alpha value is -0.610. The van der Waals surface area contributed by atoms with Crippen LogP contribution in [0.5, 0.6) is 0 Å². The zero-order valence-electron chi connectivity index (χ0n) is 9.22. The molecule has 80 valence electrons. The summed E-state index contributed by atoms with van der Waals surface area (Å²) in [4.78, 5) is 10.6. The summed E-state index contributed by atoms with van der Waals surface area (Å²) in [5.74, 6) is -0.0656. The van der Waals surface area contributed by atoms with Crippen molar-refractivity contribution in [3.8, 4) is 0 Å².